The molecule has 0 fully saturated rings. The van der Waals surface area contributed by atoms with E-state index in [-0.39, 0.29) is 12.6 Å². The maximum absolute atomic E-state index is 11.8. The molecule has 0 aliphatic heterocycles. The summed E-state index contributed by atoms with van der Waals surface area (Å²) < 4.78 is 40.0. The molecule has 0 bridgehead atoms. The Morgan fingerprint density at radius 1 is 1.36 bits per heavy atom. The zero-order chi connectivity index (χ0) is 16.6. The van der Waals surface area contributed by atoms with Crippen LogP contribution in [0.5, 0.6) is 0 Å². The predicted molar refractivity (Wildman–Crippen MR) is 82.1 cm³/mol. The Morgan fingerprint density at radius 3 is 2.73 bits per heavy atom. The summed E-state index contributed by atoms with van der Waals surface area (Å²) in [6.45, 7) is 3.27. The summed E-state index contributed by atoms with van der Waals surface area (Å²) >= 11 is 0. The molecule has 124 valence electrons. The van der Waals surface area contributed by atoms with Gasteiger partial charge >= 0.3 is 6.18 Å². The number of rotatable bonds is 7. The van der Waals surface area contributed by atoms with E-state index in [1.165, 1.54) is 5.56 Å². The van der Waals surface area contributed by atoms with Gasteiger partial charge in [0.1, 0.15) is 6.61 Å². The fourth-order valence-corrected chi connectivity index (χ4v) is 1.72. The van der Waals surface area contributed by atoms with Crippen molar-refractivity contribution in [2.45, 2.75) is 32.4 Å². The van der Waals surface area contributed by atoms with Crippen LogP contribution in [0.3, 0.4) is 0 Å². The Morgan fingerprint density at radius 2 is 2.09 bits per heavy atom. The van der Waals surface area contributed by atoms with Crippen molar-refractivity contribution in [3.63, 3.8) is 0 Å². The molecule has 4 nitrogen and oxygen atoms in total. The highest BCUT2D eigenvalue weighted by Crippen LogP contribution is 2.18. The van der Waals surface area contributed by atoms with Crippen molar-refractivity contribution < 1.29 is 17.9 Å². The largest absolute Gasteiger partial charge is 0.411 e. The van der Waals surface area contributed by atoms with Crippen molar-refractivity contribution in [2.24, 2.45) is 10.7 Å². The summed E-state index contributed by atoms with van der Waals surface area (Å²) in [5, 5.41) is 2.96. The minimum atomic E-state index is -4.29. The number of hydrogen-bond donors (Lipinski definition) is 2. The van der Waals surface area contributed by atoms with Crippen molar-refractivity contribution in [2.75, 3.05) is 25.1 Å². The van der Waals surface area contributed by atoms with E-state index in [1.807, 2.05) is 24.3 Å². The Bertz CT molecular complexity index is 487. The van der Waals surface area contributed by atoms with Gasteiger partial charge in [0.05, 0.1) is 0 Å². The molecule has 0 atom stereocenters. The Kier molecular flexibility index (Phi) is 7.17. The number of nitrogens with zero attached hydrogens (tertiary/aromatic N) is 1. The molecule has 3 N–H and O–H groups in total. The van der Waals surface area contributed by atoms with Gasteiger partial charge in [-0.15, -0.1) is 0 Å². The molecule has 0 aliphatic rings. The molecule has 0 amide bonds. The van der Waals surface area contributed by atoms with E-state index in [2.05, 4.69) is 28.9 Å². The van der Waals surface area contributed by atoms with Gasteiger partial charge in [-0.05, 0) is 30.0 Å². The molecular formula is C15H22F3N3O. The number of halogens is 3. The second-order valence-corrected chi connectivity index (χ2v) is 5.19. The number of alkyl halides is 3. The lowest BCUT2D eigenvalue weighted by Gasteiger charge is -2.10. The van der Waals surface area contributed by atoms with Crippen LogP contribution in [-0.2, 0) is 4.74 Å². The lowest BCUT2D eigenvalue weighted by molar-refractivity contribution is -0.173. The lowest BCUT2D eigenvalue weighted by Crippen LogP contribution is -2.23. The fourth-order valence-electron chi connectivity index (χ4n) is 1.72. The van der Waals surface area contributed by atoms with Crippen molar-refractivity contribution in [1.82, 2.24) is 0 Å². The normalized spacial score (nSPS) is 12.7. The van der Waals surface area contributed by atoms with Gasteiger partial charge in [0.15, 0.2) is 5.96 Å². The van der Waals surface area contributed by atoms with E-state index in [4.69, 9.17) is 5.73 Å². The molecule has 1 aromatic rings. The molecule has 0 unspecified atom stereocenters. The van der Waals surface area contributed by atoms with Gasteiger partial charge in [-0.2, -0.15) is 13.2 Å². The molecule has 0 spiro atoms. The monoisotopic (exact) mass is 317 g/mol. The first-order valence-corrected chi connectivity index (χ1v) is 7.09. The van der Waals surface area contributed by atoms with Crippen LogP contribution in [0.4, 0.5) is 18.9 Å². The van der Waals surface area contributed by atoms with Crippen LogP contribution in [0.15, 0.2) is 29.3 Å². The smallest absolute Gasteiger partial charge is 0.372 e. The SMILES string of the molecule is CC(C)c1cccc(NC(N)=NCCCOCC(F)(F)F)c1. The number of guanidine groups is 1. The Balaban J connectivity index is 2.32. The Labute approximate surface area is 128 Å². The average molecular weight is 317 g/mol. The molecule has 0 aromatic heterocycles. The van der Waals surface area contributed by atoms with E-state index in [0.717, 1.165) is 5.69 Å². The first kappa shape index (κ1) is 18.3. The van der Waals surface area contributed by atoms with Crippen LogP contribution in [0.25, 0.3) is 0 Å². The van der Waals surface area contributed by atoms with E-state index < -0.39 is 12.8 Å². The van der Waals surface area contributed by atoms with Gasteiger partial charge < -0.3 is 15.8 Å². The maximum Gasteiger partial charge on any atom is 0.411 e. The molecule has 1 rings (SSSR count). The van der Waals surface area contributed by atoms with E-state index in [9.17, 15) is 13.2 Å². The summed E-state index contributed by atoms with van der Waals surface area (Å²) in [7, 11) is 0. The minimum absolute atomic E-state index is 0.000868. The summed E-state index contributed by atoms with van der Waals surface area (Å²) in [6, 6.07) is 7.82. The van der Waals surface area contributed by atoms with Crippen LogP contribution in [0, 0.1) is 0 Å². The highest BCUT2D eigenvalue weighted by atomic mass is 19.4. The minimum Gasteiger partial charge on any atom is -0.372 e. The van der Waals surface area contributed by atoms with Gasteiger partial charge in [-0.1, -0.05) is 26.0 Å². The Hall–Kier alpha value is -1.76. The first-order valence-electron chi connectivity index (χ1n) is 7.09. The van der Waals surface area contributed by atoms with Gasteiger partial charge in [-0.25, -0.2) is 0 Å². The maximum atomic E-state index is 11.8. The third-order valence-electron chi connectivity index (χ3n) is 2.82. The van der Waals surface area contributed by atoms with Crippen molar-refractivity contribution in [3.05, 3.63) is 29.8 Å². The third kappa shape index (κ3) is 7.87. The van der Waals surface area contributed by atoms with Crippen LogP contribution >= 0.6 is 0 Å². The molecule has 0 radical (unpaired) electrons. The molecule has 0 heterocycles. The van der Waals surface area contributed by atoms with E-state index in [1.54, 1.807) is 0 Å². The number of nitrogens with one attached hydrogen (secondary N) is 1. The fraction of sp³-hybridized carbons (Fsp3) is 0.533. The first-order chi connectivity index (χ1) is 10.3. The van der Waals surface area contributed by atoms with Crippen LogP contribution in [-0.4, -0.2) is 31.9 Å². The van der Waals surface area contributed by atoms with Crippen molar-refractivity contribution in [3.8, 4) is 0 Å². The summed E-state index contributed by atoms with van der Waals surface area (Å²) in [5.74, 6) is 0.641. The number of aliphatic imine (C=N–C) groups is 1. The number of nitrogens with two attached hydrogens (primary N) is 1. The molecule has 1 aromatic carbocycles. The number of ether oxygens (including phenoxy) is 1. The lowest BCUT2D eigenvalue weighted by atomic mass is 10.0. The molecule has 0 saturated heterocycles. The van der Waals surface area contributed by atoms with Crippen LogP contribution in [0.1, 0.15) is 31.7 Å². The second-order valence-electron chi connectivity index (χ2n) is 5.19. The summed E-state index contributed by atoms with van der Waals surface area (Å²) in [4.78, 5) is 4.05. The number of benzene rings is 1. The van der Waals surface area contributed by atoms with Gasteiger partial charge in [-0.3, -0.25) is 4.99 Å². The third-order valence-corrected chi connectivity index (χ3v) is 2.82. The topological polar surface area (TPSA) is 59.6 Å². The van der Waals surface area contributed by atoms with Crippen molar-refractivity contribution in [1.29, 1.82) is 0 Å². The molecule has 0 saturated carbocycles. The quantitative estimate of drug-likeness (QED) is 0.460. The van der Waals surface area contributed by atoms with E-state index >= 15 is 0 Å². The van der Waals surface area contributed by atoms with Crippen LogP contribution < -0.4 is 11.1 Å². The highest BCUT2D eigenvalue weighted by Gasteiger charge is 2.27. The number of hydrogen-bond acceptors (Lipinski definition) is 2. The predicted octanol–water partition coefficient (Wildman–Crippen LogP) is 3.51. The summed E-state index contributed by atoms with van der Waals surface area (Å²) in [5.41, 5.74) is 7.75. The second kappa shape index (κ2) is 8.63. The zero-order valence-corrected chi connectivity index (χ0v) is 12.8. The van der Waals surface area contributed by atoms with Crippen molar-refractivity contribution >= 4 is 11.6 Å². The highest BCUT2D eigenvalue weighted by molar-refractivity contribution is 5.92. The molecule has 22 heavy (non-hydrogen) atoms. The van der Waals surface area contributed by atoms with Gasteiger partial charge in [0.25, 0.3) is 0 Å². The molecule has 7 heteroatoms. The zero-order valence-electron chi connectivity index (χ0n) is 12.8. The average Bonchev–Trinajstić information content (AvgIpc) is 2.41. The van der Waals surface area contributed by atoms with E-state index in [0.29, 0.717) is 18.9 Å². The van der Waals surface area contributed by atoms with Crippen LogP contribution in [0.2, 0.25) is 0 Å². The van der Waals surface area contributed by atoms with Gasteiger partial charge in [0, 0.05) is 18.8 Å². The molecule has 0 aliphatic carbocycles. The number of anilines is 1. The van der Waals surface area contributed by atoms with Gasteiger partial charge in [0.2, 0.25) is 0 Å². The summed E-state index contributed by atoms with van der Waals surface area (Å²) in [6.07, 6.45) is -3.91. The molecular weight excluding hydrogens is 295 g/mol. The standard InChI is InChI=1S/C15H22F3N3O/c1-11(2)12-5-3-6-13(9-12)21-14(19)20-7-4-8-22-10-15(16,17)18/h3,5-6,9,11H,4,7-8,10H2,1-2H3,(H3,19,20,21).